The van der Waals surface area contributed by atoms with Crippen molar-refractivity contribution < 1.29 is 14.8 Å². The first kappa shape index (κ1) is 15.7. The predicted octanol–water partition coefficient (Wildman–Crippen LogP) is 2.93. The molecule has 0 spiro atoms. The topological polar surface area (TPSA) is 83.7 Å². The largest absolute Gasteiger partial charge is 0.478 e. The van der Waals surface area contributed by atoms with Gasteiger partial charge in [0, 0.05) is 42.0 Å². The minimum Gasteiger partial charge on any atom is -0.478 e. The average molecular weight is 278 g/mol. The molecule has 108 valence electrons. The van der Waals surface area contributed by atoms with Gasteiger partial charge in [-0.3, -0.25) is 10.1 Å². The summed E-state index contributed by atoms with van der Waals surface area (Å²) in [6, 6.07) is 4.68. The number of carbonyl (C=O) groups is 1. The SMILES string of the molecule is CCN(c1ccc([N+](=O)[O-])cc1/C=C/C(=O)O)C(C)C. The van der Waals surface area contributed by atoms with Gasteiger partial charge in [-0.1, -0.05) is 0 Å². The molecule has 20 heavy (non-hydrogen) atoms. The number of carboxylic acid groups (broad SMARTS) is 1. The monoisotopic (exact) mass is 278 g/mol. The number of nitro groups is 1. The number of nitrogens with zero attached hydrogens (tertiary/aromatic N) is 2. The van der Waals surface area contributed by atoms with E-state index in [0.717, 1.165) is 18.3 Å². The van der Waals surface area contributed by atoms with Crippen LogP contribution in [0.4, 0.5) is 11.4 Å². The first-order valence-corrected chi connectivity index (χ1v) is 6.33. The molecule has 1 aromatic rings. The summed E-state index contributed by atoms with van der Waals surface area (Å²) in [4.78, 5) is 23.0. The van der Waals surface area contributed by atoms with Gasteiger partial charge >= 0.3 is 5.97 Å². The molecule has 0 fully saturated rings. The zero-order valence-electron chi connectivity index (χ0n) is 11.7. The molecule has 0 aliphatic heterocycles. The van der Waals surface area contributed by atoms with Gasteiger partial charge in [-0.05, 0) is 32.9 Å². The van der Waals surface area contributed by atoms with Gasteiger partial charge in [-0.15, -0.1) is 0 Å². The molecule has 1 rings (SSSR count). The van der Waals surface area contributed by atoms with Crippen molar-refractivity contribution in [2.45, 2.75) is 26.8 Å². The van der Waals surface area contributed by atoms with Gasteiger partial charge in [0.15, 0.2) is 0 Å². The van der Waals surface area contributed by atoms with E-state index >= 15 is 0 Å². The molecule has 0 aliphatic rings. The summed E-state index contributed by atoms with van der Waals surface area (Å²) in [5, 5.41) is 19.5. The molecule has 1 aromatic carbocycles. The first-order chi connectivity index (χ1) is 9.36. The molecule has 0 aliphatic carbocycles. The Morgan fingerprint density at radius 2 is 2.15 bits per heavy atom. The van der Waals surface area contributed by atoms with Gasteiger partial charge in [-0.2, -0.15) is 0 Å². The first-order valence-electron chi connectivity index (χ1n) is 6.33. The molecule has 6 heteroatoms. The minimum absolute atomic E-state index is 0.0569. The minimum atomic E-state index is -1.09. The van der Waals surface area contributed by atoms with Gasteiger partial charge in [0.1, 0.15) is 0 Å². The molecular formula is C14H18N2O4. The van der Waals surface area contributed by atoms with Crippen molar-refractivity contribution in [2.24, 2.45) is 0 Å². The number of hydrogen-bond acceptors (Lipinski definition) is 4. The molecule has 0 amide bonds. The van der Waals surface area contributed by atoms with Crippen molar-refractivity contribution in [3.63, 3.8) is 0 Å². The van der Waals surface area contributed by atoms with Crippen molar-refractivity contribution in [3.05, 3.63) is 40.0 Å². The summed E-state index contributed by atoms with van der Waals surface area (Å²) < 4.78 is 0. The number of nitro benzene ring substituents is 1. The number of benzene rings is 1. The van der Waals surface area contributed by atoms with Crippen LogP contribution >= 0.6 is 0 Å². The van der Waals surface area contributed by atoms with Crippen LogP contribution in [0.25, 0.3) is 6.08 Å². The van der Waals surface area contributed by atoms with E-state index in [0.29, 0.717) is 5.56 Å². The van der Waals surface area contributed by atoms with Crippen molar-refractivity contribution in [2.75, 3.05) is 11.4 Å². The van der Waals surface area contributed by atoms with Crippen LogP contribution in [0.1, 0.15) is 26.3 Å². The average Bonchev–Trinajstić information content (AvgIpc) is 2.37. The van der Waals surface area contributed by atoms with Crippen LogP contribution in [-0.4, -0.2) is 28.6 Å². The number of rotatable bonds is 6. The Balaban J connectivity index is 3.34. The zero-order chi connectivity index (χ0) is 15.3. The molecule has 0 radical (unpaired) electrons. The molecule has 0 saturated heterocycles. The fourth-order valence-corrected chi connectivity index (χ4v) is 2.03. The standard InChI is InChI=1S/C14H18N2O4/c1-4-15(10(2)3)13-7-6-12(16(19)20)9-11(13)5-8-14(17)18/h5-10H,4H2,1-3H3,(H,17,18)/b8-5+. The van der Waals surface area contributed by atoms with Gasteiger partial charge in [0.2, 0.25) is 0 Å². The normalized spacial score (nSPS) is 11.0. The summed E-state index contributed by atoms with van der Waals surface area (Å²) in [5.41, 5.74) is 1.25. The zero-order valence-corrected chi connectivity index (χ0v) is 11.7. The molecule has 0 saturated carbocycles. The van der Waals surface area contributed by atoms with E-state index in [1.165, 1.54) is 18.2 Å². The Kier molecular flexibility index (Phi) is 5.25. The van der Waals surface area contributed by atoms with Crippen LogP contribution in [0, 0.1) is 10.1 Å². The van der Waals surface area contributed by atoms with Gasteiger partial charge in [0.25, 0.3) is 5.69 Å². The maximum Gasteiger partial charge on any atom is 0.328 e. The predicted molar refractivity (Wildman–Crippen MR) is 77.9 cm³/mol. The van der Waals surface area contributed by atoms with E-state index in [4.69, 9.17) is 5.11 Å². The van der Waals surface area contributed by atoms with Crippen molar-refractivity contribution in [1.29, 1.82) is 0 Å². The number of non-ortho nitro benzene ring substituents is 1. The van der Waals surface area contributed by atoms with E-state index < -0.39 is 10.9 Å². The van der Waals surface area contributed by atoms with Crippen molar-refractivity contribution in [1.82, 2.24) is 0 Å². The molecule has 0 aromatic heterocycles. The number of aliphatic carboxylic acids is 1. The molecular weight excluding hydrogens is 260 g/mol. The fraction of sp³-hybridized carbons (Fsp3) is 0.357. The molecule has 6 nitrogen and oxygen atoms in total. The third kappa shape index (κ3) is 3.81. The van der Waals surface area contributed by atoms with Crippen LogP contribution in [0.2, 0.25) is 0 Å². The maximum absolute atomic E-state index is 10.8. The van der Waals surface area contributed by atoms with Crippen LogP contribution in [0.5, 0.6) is 0 Å². The highest BCUT2D eigenvalue weighted by Crippen LogP contribution is 2.28. The van der Waals surface area contributed by atoms with E-state index in [1.54, 1.807) is 6.07 Å². The van der Waals surface area contributed by atoms with Crippen LogP contribution in [-0.2, 0) is 4.79 Å². The maximum atomic E-state index is 10.8. The Morgan fingerprint density at radius 3 is 2.60 bits per heavy atom. The van der Waals surface area contributed by atoms with E-state index in [9.17, 15) is 14.9 Å². The smallest absolute Gasteiger partial charge is 0.328 e. The lowest BCUT2D eigenvalue weighted by Gasteiger charge is -2.29. The van der Waals surface area contributed by atoms with E-state index in [2.05, 4.69) is 0 Å². The summed E-state index contributed by atoms with van der Waals surface area (Å²) in [6.45, 7) is 6.72. The van der Waals surface area contributed by atoms with E-state index in [-0.39, 0.29) is 11.7 Å². The second-order valence-electron chi connectivity index (χ2n) is 4.55. The quantitative estimate of drug-likeness (QED) is 0.491. The lowest BCUT2D eigenvalue weighted by atomic mass is 10.1. The van der Waals surface area contributed by atoms with Gasteiger partial charge in [-0.25, -0.2) is 4.79 Å². The Bertz CT molecular complexity index is 538. The Morgan fingerprint density at radius 1 is 1.50 bits per heavy atom. The van der Waals surface area contributed by atoms with Crippen LogP contribution in [0.3, 0.4) is 0 Å². The second kappa shape index (κ2) is 6.70. The van der Waals surface area contributed by atoms with Crippen LogP contribution < -0.4 is 4.90 Å². The van der Waals surface area contributed by atoms with Gasteiger partial charge in [0.05, 0.1) is 4.92 Å². The molecule has 0 atom stereocenters. The number of hydrogen-bond donors (Lipinski definition) is 1. The lowest BCUT2D eigenvalue weighted by molar-refractivity contribution is -0.384. The Labute approximate surface area is 117 Å². The summed E-state index contributed by atoms with van der Waals surface area (Å²) in [6.07, 6.45) is 2.37. The molecule has 1 N–H and O–H groups in total. The summed E-state index contributed by atoms with van der Waals surface area (Å²) >= 11 is 0. The molecule has 0 heterocycles. The molecule has 0 unspecified atom stereocenters. The highest BCUT2D eigenvalue weighted by Gasteiger charge is 2.15. The third-order valence-corrected chi connectivity index (χ3v) is 2.90. The van der Waals surface area contributed by atoms with Crippen LogP contribution in [0.15, 0.2) is 24.3 Å². The highest BCUT2D eigenvalue weighted by atomic mass is 16.6. The third-order valence-electron chi connectivity index (χ3n) is 2.90. The Hall–Kier alpha value is -2.37. The highest BCUT2D eigenvalue weighted by molar-refractivity contribution is 5.87. The van der Waals surface area contributed by atoms with Crippen molar-refractivity contribution >= 4 is 23.4 Å². The number of carboxylic acids is 1. The van der Waals surface area contributed by atoms with Crippen molar-refractivity contribution in [3.8, 4) is 0 Å². The lowest BCUT2D eigenvalue weighted by Crippen LogP contribution is -2.30. The van der Waals surface area contributed by atoms with Gasteiger partial charge < -0.3 is 10.0 Å². The number of anilines is 1. The van der Waals surface area contributed by atoms with E-state index in [1.807, 2.05) is 25.7 Å². The summed E-state index contributed by atoms with van der Waals surface area (Å²) in [5.74, 6) is -1.09. The fourth-order valence-electron chi connectivity index (χ4n) is 2.03. The second-order valence-corrected chi connectivity index (χ2v) is 4.55. The molecule has 0 bridgehead atoms. The summed E-state index contributed by atoms with van der Waals surface area (Å²) in [7, 11) is 0.